The Labute approximate surface area is 143 Å². The van der Waals surface area contributed by atoms with Gasteiger partial charge in [-0.1, -0.05) is 6.07 Å². The first-order chi connectivity index (χ1) is 11.6. The van der Waals surface area contributed by atoms with E-state index in [0.29, 0.717) is 21.4 Å². The molecule has 0 atom stereocenters. The highest BCUT2D eigenvalue weighted by atomic mass is 32.2. The first-order valence-electron chi connectivity index (χ1n) is 7.17. The van der Waals surface area contributed by atoms with E-state index in [9.17, 15) is 9.59 Å². The number of rotatable bonds is 3. The molecule has 0 radical (unpaired) electrons. The Bertz CT molecular complexity index is 829. The topological polar surface area (TPSA) is 83.5 Å². The average Bonchev–Trinajstić information content (AvgIpc) is 2.89. The molecule has 3 rings (SSSR count). The van der Waals surface area contributed by atoms with Crippen molar-refractivity contribution in [3.63, 3.8) is 0 Å². The molecule has 1 aliphatic rings. The zero-order valence-corrected chi connectivity index (χ0v) is 13.6. The van der Waals surface area contributed by atoms with Gasteiger partial charge in [-0.15, -0.1) is 0 Å². The van der Waals surface area contributed by atoms with Crippen LogP contribution in [0.1, 0.15) is 12.5 Å². The largest absolute Gasteiger partial charge is 0.326 e. The normalized spacial score (nSPS) is 17.1. The number of aromatic nitrogens is 1. The number of aliphatic imine (C=N–C) groups is 1. The molecule has 0 unspecified atom stereocenters. The summed E-state index contributed by atoms with van der Waals surface area (Å²) in [7, 11) is 0. The first-order valence-corrected chi connectivity index (χ1v) is 7.99. The van der Waals surface area contributed by atoms with Crippen LogP contribution in [0.5, 0.6) is 0 Å². The summed E-state index contributed by atoms with van der Waals surface area (Å²) in [6.07, 6.45) is 5.15. The Morgan fingerprint density at radius 2 is 2.08 bits per heavy atom. The SMILES string of the molecule is CC(=O)Nc1ccc(N=C2NC(=O)/C(=C/c3cccnc3)S2)cc1. The summed E-state index contributed by atoms with van der Waals surface area (Å²) in [6, 6.07) is 10.8. The van der Waals surface area contributed by atoms with E-state index in [4.69, 9.17) is 0 Å². The monoisotopic (exact) mass is 338 g/mol. The molecular weight excluding hydrogens is 324 g/mol. The molecule has 1 aromatic carbocycles. The van der Waals surface area contributed by atoms with Crippen molar-refractivity contribution in [2.45, 2.75) is 6.92 Å². The molecular formula is C17H14N4O2S. The molecule has 2 heterocycles. The summed E-state index contributed by atoms with van der Waals surface area (Å²) < 4.78 is 0. The Balaban J connectivity index is 1.74. The smallest absolute Gasteiger partial charge is 0.264 e. The Kier molecular flexibility index (Phi) is 4.72. The van der Waals surface area contributed by atoms with Gasteiger partial charge in [0.15, 0.2) is 5.17 Å². The van der Waals surface area contributed by atoms with Crippen LogP contribution >= 0.6 is 11.8 Å². The van der Waals surface area contributed by atoms with E-state index in [2.05, 4.69) is 20.6 Å². The van der Waals surface area contributed by atoms with Crippen LogP contribution in [0.4, 0.5) is 11.4 Å². The Hall–Kier alpha value is -2.93. The molecule has 1 fully saturated rings. The Morgan fingerprint density at radius 1 is 1.29 bits per heavy atom. The number of carbonyl (C=O) groups is 2. The minimum Gasteiger partial charge on any atom is -0.326 e. The molecule has 120 valence electrons. The number of carbonyl (C=O) groups excluding carboxylic acids is 2. The van der Waals surface area contributed by atoms with E-state index in [-0.39, 0.29) is 11.8 Å². The molecule has 0 saturated carbocycles. The highest BCUT2D eigenvalue weighted by Gasteiger charge is 2.23. The van der Waals surface area contributed by atoms with Crippen molar-refractivity contribution in [3.05, 3.63) is 59.3 Å². The second-order valence-corrected chi connectivity index (χ2v) is 6.03. The fourth-order valence-corrected chi connectivity index (χ4v) is 2.87. The van der Waals surface area contributed by atoms with Gasteiger partial charge in [0.25, 0.3) is 5.91 Å². The third-order valence-corrected chi connectivity index (χ3v) is 3.96. The molecule has 2 amide bonds. The summed E-state index contributed by atoms with van der Waals surface area (Å²) >= 11 is 1.28. The maximum absolute atomic E-state index is 12.0. The first kappa shape index (κ1) is 15.9. The van der Waals surface area contributed by atoms with Crippen molar-refractivity contribution in [1.82, 2.24) is 10.3 Å². The van der Waals surface area contributed by atoms with Crippen LogP contribution in [0.3, 0.4) is 0 Å². The van der Waals surface area contributed by atoms with Crippen molar-refractivity contribution in [1.29, 1.82) is 0 Å². The predicted molar refractivity (Wildman–Crippen MR) is 95.8 cm³/mol. The van der Waals surface area contributed by atoms with Gasteiger partial charge in [-0.05, 0) is 53.7 Å². The second kappa shape index (κ2) is 7.10. The van der Waals surface area contributed by atoms with Gasteiger partial charge in [0, 0.05) is 25.0 Å². The van der Waals surface area contributed by atoms with Crippen LogP contribution < -0.4 is 10.6 Å². The number of thioether (sulfide) groups is 1. The minimum atomic E-state index is -0.183. The van der Waals surface area contributed by atoms with Crippen LogP contribution in [0.15, 0.2) is 58.7 Å². The predicted octanol–water partition coefficient (Wildman–Crippen LogP) is 2.93. The van der Waals surface area contributed by atoms with Gasteiger partial charge in [-0.2, -0.15) is 0 Å². The van der Waals surface area contributed by atoms with E-state index in [1.807, 2.05) is 12.1 Å². The van der Waals surface area contributed by atoms with E-state index in [1.165, 1.54) is 18.7 Å². The van der Waals surface area contributed by atoms with Gasteiger partial charge in [0.1, 0.15) is 0 Å². The third kappa shape index (κ3) is 4.08. The van der Waals surface area contributed by atoms with Crippen LogP contribution in [0.25, 0.3) is 6.08 Å². The molecule has 24 heavy (non-hydrogen) atoms. The summed E-state index contributed by atoms with van der Waals surface area (Å²) in [5.74, 6) is -0.310. The lowest BCUT2D eigenvalue weighted by molar-refractivity contribution is -0.115. The number of nitrogens with one attached hydrogen (secondary N) is 2. The molecule has 1 saturated heterocycles. The molecule has 0 bridgehead atoms. The van der Waals surface area contributed by atoms with E-state index in [0.717, 1.165) is 5.56 Å². The maximum atomic E-state index is 12.0. The van der Waals surface area contributed by atoms with Gasteiger partial charge < -0.3 is 10.6 Å². The fraction of sp³-hybridized carbons (Fsp3) is 0.0588. The van der Waals surface area contributed by atoms with E-state index in [1.54, 1.807) is 42.7 Å². The number of amides is 2. The number of benzene rings is 1. The summed E-state index contributed by atoms with van der Waals surface area (Å²) in [4.78, 5) is 32.0. The standard InChI is InChI=1S/C17H14N4O2S/c1-11(22)19-13-4-6-14(7-5-13)20-17-21-16(23)15(24-17)9-12-3-2-8-18-10-12/h2-10H,1H3,(H,19,22)(H,20,21,23)/b15-9-. The molecule has 2 aromatic rings. The van der Waals surface area contributed by atoms with Gasteiger partial charge in [0.2, 0.25) is 5.91 Å². The van der Waals surface area contributed by atoms with Crippen LogP contribution in [-0.2, 0) is 9.59 Å². The van der Waals surface area contributed by atoms with Gasteiger partial charge >= 0.3 is 0 Å². The zero-order valence-electron chi connectivity index (χ0n) is 12.8. The number of hydrogen-bond donors (Lipinski definition) is 2. The molecule has 0 spiro atoms. The van der Waals surface area contributed by atoms with Crippen molar-refractivity contribution in [2.24, 2.45) is 4.99 Å². The lowest BCUT2D eigenvalue weighted by Crippen LogP contribution is -2.19. The average molecular weight is 338 g/mol. The Morgan fingerprint density at radius 3 is 2.75 bits per heavy atom. The molecule has 0 aliphatic carbocycles. The number of pyridine rings is 1. The summed E-state index contributed by atoms with van der Waals surface area (Å²) in [5.41, 5.74) is 2.25. The zero-order chi connectivity index (χ0) is 16.9. The third-order valence-electron chi connectivity index (χ3n) is 3.05. The van der Waals surface area contributed by atoms with Crippen molar-refractivity contribution in [2.75, 3.05) is 5.32 Å². The number of amidine groups is 1. The number of nitrogens with zero attached hydrogens (tertiary/aromatic N) is 2. The number of anilines is 1. The lowest BCUT2D eigenvalue weighted by Gasteiger charge is -2.02. The minimum absolute atomic E-state index is 0.127. The van der Waals surface area contributed by atoms with Gasteiger partial charge in [-0.3, -0.25) is 14.6 Å². The quantitative estimate of drug-likeness (QED) is 0.843. The molecule has 6 nitrogen and oxygen atoms in total. The number of hydrogen-bond acceptors (Lipinski definition) is 5. The van der Waals surface area contributed by atoms with E-state index < -0.39 is 0 Å². The van der Waals surface area contributed by atoms with Crippen LogP contribution in [0.2, 0.25) is 0 Å². The highest BCUT2D eigenvalue weighted by Crippen LogP contribution is 2.28. The molecule has 2 N–H and O–H groups in total. The van der Waals surface area contributed by atoms with Crippen LogP contribution in [-0.4, -0.2) is 22.0 Å². The van der Waals surface area contributed by atoms with Crippen LogP contribution in [0, 0.1) is 0 Å². The molecule has 1 aromatic heterocycles. The van der Waals surface area contributed by atoms with E-state index >= 15 is 0 Å². The maximum Gasteiger partial charge on any atom is 0.264 e. The second-order valence-electron chi connectivity index (χ2n) is 5.00. The summed E-state index contributed by atoms with van der Waals surface area (Å²) in [5, 5.41) is 5.94. The van der Waals surface area contributed by atoms with Crippen molar-refractivity contribution >= 4 is 46.2 Å². The summed E-state index contributed by atoms with van der Waals surface area (Å²) in [6.45, 7) is 1.45. The molecule has 1 aliphatic heterocycles. The van der Waals surface area contributed by atoms with Crippen molar-refractivity contribution < 1.29 is 9.59 Å². The van der Waals surface area contributed by atoms with Crippen molar-refractivity contribution in [3.8, 4) is 0 Å². The van der Waals surface area contributed by atoms with Gasteiger partial charge in [0.05, 0.1) is 10.6 Å². The van der Waals surface area contributed by atoms with Gasteiger partial charge in [-0.25, -0.2) is 4.99 Å². The lowest BCUT2D eigenvalue weighted by atomic mass is 10.2. The highest BCUT2D eigenvalue weighted by molar-refractivity contribution is 8.18. The molecule has 7 heteroatoms. The fourth-order valence-electron chi connectivity index (χ4n) is 2.03.